The average Bonchev–Trinajstić information content (AvgIpc) is 2.91. The molecule has 0 spiro atoms. The van der Waals surface area contributed by atoms with Gasteiger partial charge in [0.05, 0.1) is 17.3 Å². The summed E-state index contributed by atoms with van der Waals surface area (Å²) in [5.74, 6) is 0.522. The second-order valence-electron chi connectivity index (χ2n) is 5.06. The van der Waals surface area contributed by atoms with Crippen molar-refractivity contribution in [2.45, 2.75) is 17.7 Å². The number of rotatable bonds is 6. The molecule has 1 saturated heterocycles. The number of nitrogens with one attached hydrogen (secondary N) is 1. The number of ether oxygens (including phenoxy) is 1. The van der Waals surface area contributed by atoms with Gasteiger partial charge in [0.25, 0.3) is 0 Å². The van der Waals surface area contributed by atoms with Crippen LogP contribution in [0.2, 0.25) is 0 Å². The van der Waals surface area contributed by atoms with Gasteiger partial charge in [-0.3, -0.25) is 4.79 Å². The van der Waals surface area contributed by atoms with Crippen LogP contribution in [0.15, 0.2) is 29.2 Å². The number of carbonyl (C=O) groups is 1. The Hall–Kier alpha value is -1.05. The summed E-state index contributed by atoms with van der Waals surface area (Å²) >= 11 is 3.99. The molecule has 0 bridgehead atoms. The lowest BCUT2D eigenvalue weighted by molar-refractivity contribution is -0.115. The van der Waals surface area contributed by atoms with Gasteiger partial charge in [0.1, 0.15) is 0 Å². The maximum Gasteiger partial charge on any atom is 0.225 e. The zero-order chi connectivity index (χ0) is 15.3. The summed E-state index contributed by atoms with van der Waals surface area (Å²) in [4.78, 5) is 11.7. The molecule has 1 fully saturated rings. The predicted octanol–water partition coefficient (Wildman–Crippen LogP) is 1.76. The molecule has 0 saturated carbocycles. The van der Waals surface area contributed by atoms with Crippen molar-refractivity contribution >= 4 is 34.1 Å². The van der Waals surface area contributed by atoms with Crippen LogP contribution in [0.3, 0.4) is 0 Å². The van der Waals surface area contributed by atoms with Gasteiger partial charge in [0.2, 0.25) is 5.91 Å². The number of benzene rings is 1. The first-order valence-electron chi connectivity index (χ1n) is 6.82. The van der Waals surface area contributed by atoms with Gasteiger partial charge < -0.3 is 10.1 Å². The number of carbonyl (C=O) groups excluding carboxylic acids is 1. The van der Waals surface area contributed by atoms with Crippen molar-refractivity contribution in [2.24, 2.45) is 5.92 Å². The molecule has 1 N–H and O–H groups in total. The van der Waals surface area contributed by atoms with E-state index in [2.05, 4.69) is 17.9 Å². The van der Waals surface area contributed by atoms with Crippen LogP contribution in [0.5, 0.6) is 0 Å². The first kappa shape index (κ1) is 16.3. The van der Waals surface area contributed by atoms with Crippen LogP contribution in [-0.2, 0) is 19.4 Å². The van der Waals surface area contributed by atoms with E-state index in [9.17, 15) is 13.2 Å². The minimum atomic E-state index is -3.30. The zero-order valence-electron chi connectivity index (χ0n) is 11.6. The SMILES string of the molecule is O=C(CCS)Nc1ccc(S(=O)(=O)CC2CCOC2)cc1. The number of hydrogen-bond donors (Lipinski definition) is 2. The Balaban J connectivity index is 2.01. The van der Waals surface area contributed by atoms with E-state index in [1.807, 2.05) is 0 Å². The van der Waals surface area contributed by atoms with Crippen molar-refractivity contribution in [2.75, 3.05) is 30.0 Å². The molecule has 1 aliphatic rings. The highest BCUT2D eigenvalue weighted by molar-refractivity contribution is 7.91. The lowest BCUT2D eigenvalue weighted by atomic mass is 10.2. The second kappa shape index (κ2) is 7.29. The van der Waals surface area contributed by atoms with Crippen molar-refractivity contribution in [3.05, 3.63) is 24.3 Å². The third kappa shape index (κ3) is 4.72. The molecule has 0 radical (unpaired) electrons. The van der Waals surface area contributed by atoms with E-state index in [-0.39, 0.29) is 22.5 Å². The molecule has 0 aromatic heterocycles. The molecule has 116 valence electrons. The predicted molar refractivity (Wildman–Crippen MR) is 84.5 cm³/mol. The molecular formula is C14H19NO4S2. The molecule has 21 heavy (non-hydrogen) atoms. The van der Waals surface area contributed by atoms with E-state index in [1.165, 1.54) is 12.1 Å². The lowest BCUT2D eigenvalue weighted by Gasteiger charge is -2.10. The van der Waals surface area contributed by atoms with Crippen LogP contribution in [0.4, 0.5) is 5.69 Å². The molecule has 1 amide bonds. The summed E-state index contributed by atoms with van der Waals surface area (Å²) in [6.07, 6.45) is 1.11. The Bertz CT molecular complexity index is 577. The van der Waals surface area contributed by atoms with Gasteiger partial charge >= 0.3 is 0 Å². The molecular weight excluding hydrogens is 310 g/mol. The Morgan fingerprint density at radius 2 is 2.05 bits per heavy atom. The molecule has 1 aromatic carbocycles. The van der Waals surface area contributed by atoms with Gasteiger partial charge in [-0.05, 0) is 42.4 Å². The van der Waals surface area contributed by atoms with E-state index in [0.717, 1.165) is 6.42 Å². The minimum absolute atomic E-state index is 0.0739. The fourth-order valence-electron chi connectivity index (χ4n) is 2.19. The van der Waals surface area contributed by atoms with E-state index >= 15 is 0 Å². The third-order valence-electron chi connectivity index (χ3n) is 3.32. The lowest BCUT2D eigenvalue weighted by Crippen LogP contribution is -2.16. The molecule has 1 unspecified atom stereocenters. The summed E-state index contributed by atoms with van der Waals surface area (Å²) in [5, 5.41) is 2.69. The van der Waals surface area contributed by atoms with Gasteiger partial charge in [-0.1, -0.05) is 0 Å². The summed E-state index contributed by atoms with van der Waals surface area (Å²) in [7, 11) is -3.30. The van der Waals surface area contributed by atoms with Gasteiger partial charge in [0, 0.05) is 18.7 Å². The van der Waals surface area contributed by atoms with Crippen LogP contribution in [0.25, 0.3) is 0 Å². The largest absolute Gasteiger partial charge is 0.381 e. The van der Waals surface area contributed by atoms with E-state index in [4.69, 9.17) is 4.74 Å². The Morgan fingerprint density at radius 1 is 1.33 bits per heavy atom. The fraction of sp³-hybridized carbons (Fsp3) is 0.500. The number of hydrogen-bond acceptors (Lipinski definition) is 5. The van der Waals surface area contributed by atoms with Gasteiger partial charge in [-0.15, -0.1) is 0 Å². The molecule has 1 aromatic rings. The summed E-state index contributed by atoms with van der Waals surface area (Å²) in [6, 6.07) is 6.27. The summed E-state index contributed by atoms with van der Waals surface area (Å²) in [5.41, 5.74) is 0.588. The van der Waals surface area contributed by atoms with Crippen LogP contribution in [0, 0.1) is 5.92 Å². The minimum Gasteiger partial charge on any atom is -0.381 e. The van der Waals surface area contributed by atoms with E-state index in [0.29, 0.717) is 31.1 Å². The standard InChI is InChI=1S/C14H19NO4S2/c16-14(6-8-20)15-12-1-3-13(4-2-12)21(17,18)10-11-5-7-19-9-11/h1-4,11,20H,5-10H2,(H,15,16). The van der Waals surface area contributed by atoms with Crippen molar-refractivity contribution in [1.29, 1.82) is 0 Å². The van der Waals surface area contributed by atoms with Crippen LogP contribution in [0.1, 0.15) is 12.8 Å². The monoisotopic (exact) mass is 329 g/mol. The third-order valence-corrected chi connectivity index (χ3v) is 5.44. The Morgan fingerprint density at radius 3 is 2.62 bits per heavy atom. The average molecular weight is 329 g/mol. The van der Waals surface area contributed by atoms with Crippen molar-refractivity contribution in [3.63, 3.8) is 0 Å². The molecule has 1 heterocycles. The number of amides is 1. The molecule has 7 heteroatoms. The van der Waals surface area contributed by atoms with Crippen molar-refractivity contribution in [3.8, 4) is 0 Å². The highest BCUT2D eigenvalue weighted by atomic mass is 32.2. The second-order valence-corrected chi connectivity index (χ2v) is 7.54. The summed E-state index contributed by atoms with van der Waals surface area (Å²) in [6.45, 7) is 1.15. The van der Waals surface area contributed by atoms with Crippen molar-refractivity contribution < 1.29 is 17.9 Å². The quantitative estimate of drug-likeness (QED) is 0.780. The van der Waals surface area contributed by atoms with Crippen LogP contribution < -0.4 is 5.32 Å². The first-order chi connectivity index (χ1) is 10.0. The smallest absolute Gasteiger partial charge is 0.225 e. The highest BCUT2D eigenvalue weighted by Crippen LogP contribution is 2.21. The molecule has 0 aliphatic carbocycles. The van der Waals surface area contributed by atoms with Crippen LogP contribution >= 0.6 is 12.6 Å². The highest BCUT2D eigenvalue weighted by Gasteiger charge is 2.24. The van der Waals surface area contributed by atoms with Gasteiger partial charge in [0.15, 0.2) is 9.84 Å². The topological polar surface area (TPSA) is 72.5 Å². The van der Waals surface area contributed by atoms with E-state index < -0.39 is 9.84 Å². The zero-order valence-corrected chi connectivity index (χ0v) is 13.3. The van der Waals surface area contributed by atoms with Crippen LogP contribution in [-0.4, -0.2) is 39.0 Å². The van der Waals surface area contributed by atoms with Gasteiger partial charge in [-0.25, -0.2) is 8.42 Å². The number of thiol groups is 1. The van der Waals surface area contributed by atoms with Gasteiger partial charge in [-0.2, -0.15) is 12.6 Å². The maximum atomic E-state index is 12.3. The maximum absolute atomic E-state index is 12.3. The fourth-order valence-corrected chi connectivity index (χ4v) is 4.02. The molecule has 2 rings (SSSR count). The normalized spacial score (nSPS) is 18.6. The van der Waals surface area contributed by atoms with E-state index in [1.54, 1.807) is 12.1 Å². The summed E-state index contributed by atoms with van der Waals surface area (Å²) < 4.78 is 29.7. The molecule has 1 atom stereocenters. The Labute approximate surface area is 130 Å². The number of sulfone groups is 1. The van der Waals surface area contributed by atoms with Crippen molar-refractivity contribution in [1.82, 2.24) is 0 Å². The molecule has 1 aliphatic heterocycles. The number of anilines is 1. The molecule has 5 nitrogen and oxygen atoms in total. The first-order valence-corrected chi connectivity index (χ1v) is 9.11. The Kier molecular flexibility index (Phi) is 5.66.